The molecule has 1 aliphatic rings. The molecule has 3 aromatic rings. The van der Waals surface area contributed by atoms with Crippen LogP contribution in [0.5, 0.6) is 17.2 Å². The molecule has 29 heavy (non-hydrogen) atoms. The Labute approximate surface area is 173 Å². The van der Waals surface area contributed by atoms with E-state index in [2.05, 4.69) is 10.4 Å². The molecule has 1 amide bonds. The van der Waals surface area contributed by atoms with Gasteiger partial charge in [0, 0.05) is 23.0 Å². The lowest BCUT2D eigenvalue weighted by Crippen LogP contribution is -2.17. The molecule has 8 heteroatoms. The number of nitrogens with one attached hydrogen (secondary N) is 1. The third-order valence-corrected chi connectivity index (χ3v) is 5.04. The van der Waals surface area contributed by atoms with Gasteiger partial charge in [0.15, 0.2) is 23.9 Å². The number of rotatable bonds is 5. The number of ether oxygens (including phenoxy) is 3. The zero-order valence-corrected chi connectivity index (χ0v) is 16.8. The lowest BCUT2D eigenvalue weighted by molar-refractivity contribution is 0.102. The topological polar surface area (TPSA) is 74.6 Å². The molecule has 4 rings (SSSR count). The van der Waals surface area contributed by atoms with Gasteiger partial charge in [-0.3, -0.25) is 4.79 Å². The van der Waals surface area contributed by atoms with E-state index in [4.69, 9.17) is 25.8 Å². The average molecular weight is 414 g/mol. The monoisotopic (exact) mass is 413 g/mol. The fraction of sp³-hybridized carbons (Fsp3) is 0.238. The third-order valence-electron chi connectivity index (χ3n) is 4.45. The Morgan fingerprint density at radius 3 is 2.62 bits per heavy atom. The third kappa shape index (κ3) is 4.30. The number of amides is 1. The smallest absolute Gasteiger partial charge is 0.276 e. The standard InChI is InChI=1S/C21H20ClN3O4/c1-13-9-16(10-14(2)20(13)22)29-12-25-6-5-17(24-25)21(26)23-15-3-4-18-19(11-15)28-8-7-27-18/h3-6,9-11H,7-8,12H2,1-2H3,(H,23,26). The molecule has 2 aromatic carbocycles. The number of aromatic nitrogens is 2. The van der Waals surface area contributed by atoms with Crippen LogP contribution in [0.4, 0.5) is 5.69 Å². The van der Waals surface area contributed by atoms with E-state index >= 15 is 0 Å². The number of carbonyl (C=O) groups excluding carboxylic acids is 1. The number of fused-ring (bicyclic) bond motifs is 1. The van der Waals surface area contributed by atoms with Crippen LogP contribution < -0.4 is 19.5 Å². The van der Waals surface area contributed by atoms with Crippen LogP contribution in [0.15, 0.2) is 42.6 Å². The minimum absolute atomic E-state index is 0.178. The first kappa shape index (κ1) is 19.1. The van der Waals surface area contributed by atoms with Gasteiger partial charge in [-0.2, -0.15) is 5.10 Å². The molecule has 0 atom stereocenters. The molecule has 0 saturated carbocycles. The number of benzene rings is 2. The Morgan fingerprint density at radius 1 is 1.14 bits per heavy atom. The predicted molar refractivity (Wildman–Crippen MR) is 109 cm³/mol. The fourth-order valence-electron chi connectivity index (χ4n) is 3.00. The van der Waals surface area contributed by atoms with Crippen molar-refractivity contribution in [2.75, 3.05) is 18.5 Å². The highest BCUT2D eigenvalue weighted by Gasteiger charge is 2.15. The molecule has 0 unspecified atom stereocenters. The van der Waals surface area contributed by atoms with Crippen molar-refractivity contribution in [3.8, 4) is 17.2 Å². The lowest BCUT2D eigenvalue weighted by atomic mass is 10.1. The molecule has 2 heterocycles. The minimum Gasteiger partial charge on any atom is -0.486 e. The van der Waals surface area contributed by atoms with Crippen molar-refractivity contribution in [1.82, 2.24) is 9.78 Å². The van der Waals surface area contributed by atoms with Crippen molar-refractivity contribution in [2.45, 2.75) is 20.6 Å². The molecule has 0 fully saturated rings. The van der Waals surface area contributed by atoms with Crippen molar-refractivity contribution < 1.29 is 19.0 Å². The van der Waals surface area contributed by atoms with Crippen molar-refractivity contribution in [3.05, 3.63) is 64.4 Å². The first-order valence-electron chi connectivity index (χ1n) is 9.13. The molecule has 0 spiro atoms. The summed E-state index contributed by atoms with van der Waals surface area (Å²) in [6.45, 7) is 5.04. The summed E-state index contributed by atoms with van der Waals surface area (Å²) < 4.78 is 18.3. The van der Waals surface area contributed by atoms with Gasteiger partial charge in [0.25, 0.3) is 5.91 Å². The summed E-state index contributed by atoms with van der Waals surface area (Å²) in [6.07, 6.45) is 1.69. The molecule has 7 nitrogen and oxygen atoms in total. The highest BCUT2D eigenvalue weighted by molar-refractivity contribution is 6.32. The molecule has 1 aromatic heterocycles. The van der Waals surface area contributed by atoms with Crippen molar-refractivity contribution in [2.24, 2.45) is 0 Å². The molecule has 150 valence electrons. The summed E-state index contributed by atoms with van der Waals surface area (Å²) in [4.78, 5) is 12.5. The average Bonchev–Trinajstić information content (AvgIpc) is 3.19. The van der Waals surface area contributed by atoms with Crippen LogP contribution in [0.1, 0.15) is 21.6 Å². The minimum atomic E-state index is -0.321. The predicted octanol–water partition coefficient (Wildman–Crippen LogP) is 4.21. The van der Waals surface area contributed by atoms with Crippen LogP contribution in [-0.4, -0.2) is 28.9 Å². The normalized spacial score (nSPS) is 12.5. The van der Waals surface area contributed by atoms with E-state index in [0.717, 1.165) is 16.1 Å². The summed E-state index contributed by atoms with van der Waals surface area (Å²) in [5, 5.41) is 7.81. The van der Waals surface area contributed by atoms with Crippen molar-refractivity contribution >= 4 is 23.2 Å². The Morgan fingerprint density at radius 2 is 1.86 bits per heavy atom. The molecule has 0 saturated heterocycles. The molecule has 0 radical (unpaired) electrons. The summed E-state index contributed by atoms with van der Waals surface area (Å²) in [7, 11) is 0. The first-order chi connectivity index (χ1) is 14.0. The Bertz CT molecular complexity index is 1040. The Hall–Kier alpha value is -3.19. The van der Waals surface area contributed by atoms with Gasteiger partial charge in [-0.1, -0.05) is 11.6 Å². The van der Waals surface area contributed by atoms with Crippen LogP contribution in [-0.2, 0) is 6.73 Å². The lowest BCUT2D eigenvalue weighted by Gasteiger charge is -2.18. The quantitative estimate of drug-likeness (QED) is 0.678. The second-order valence-electron chi connectivity index (χ2n) is 6.70. The maximum absolute atomic E-state index is 12.5. The molecule has 0 aliphatic carbocycles. The number of aryl methyl sites for hydroxylation is 2. The van der Waals surface area contributed by atoms with Gasteiger partial charge >= 0.3 is 0 Å². The molecular formula is C21H20ClN3O4. The van der Waals surface area contributed by atoms with Gasteiger partial charge in [-0.25, -0.2) is 4.68 Å². The second-order valence-corrected chi connectivity index (χ2v) is 7.08. The first-order valence-corrected chi connectivity index (χ1v) is 9.51. The van der Waals surface area contributed by atoms with E-state index in [-0.39, 0.29) is 18.3 Å². The van der Waals surface area contributed by atoms with Crippen LogP contribution in [0.3, 0.4) is 0 Å². The van der Waals surface area contributed by atoms with E-state index in [0.29, 0.717) is 36.1 Å². The van der Waals surface area contributed by atoms with E-state index in [1.54, 1.807) is 35.1 Å². The highest BCUT2D eigenvalue weighted by Crippen LogP contribution is 2.32. The second kappa shape index (κ2) is 8.05. The van der Waals surface area contributed by atoms with E-state index in [9.17, 15) is 4.79 Å². The summed E-state index contributed by atoms with van der Waals surface area (Å²) >= 11 is 6.18. The molecule has 1 aliphatic heterocycles. The summed E-state index contributed by atoms with van der Waals surface area (Å²) in [5.41, 5.74) is 2.78. The highest BCUT2D eigenvalue weighted by atomic mass is 35.5. The number of carbonyl (C=O) groups is 1. The van der Waals surface area contributed by atoms with Gasteiger partial charge in [0.2, 0.25) is 0 Å². The SMILES string of the molecule is Cc1cc(OCn2ccc(C(=O)Nc3ccc4c(c3)OCCO4)n2)cc(C)c1Cl. The molecular weight excluding hydrogens is 394 g/mol. The number of hydrogen-bond acceptors (Lipinski definition) is 5. The van der Waals surface area contributed by atoms with Gasteiger partial charge < -0.3 is 19.5 Å². The summed E-state index contributed by atoms with van der Waals surface area (Å²) in [6, 6.07) is 10.6. The maximum Gasteiger partial charge on any atom is 0.276 e. The number of halogens is 1. The number of anilines is 1. The van der Waals surface area contributed by atoms with E-state index in [1.165, 1.54) is 0 Å². The number of hydrogen-bond donors (Lipinski definition) is 1. The zero-order chi connectivity index (χ0) is 20.4. The van der Waals surface area contributed by atoms with E-state index in [1.807, 2.05) is 26.0 Å². The van der Waals surface area contributed by atoms with Gasteiger partial charge in [0.05, 0.1) is 0 Å². The van der Waals surface area contributed by atoms with E-state index < -0.39 is 0 Å². The molecule has 0 bridgehead atoms. The Kier molecular flexibility index (Phi) is 5.31. The molecule has 1 N–H and O–H groups in total. The number of nitrogens with zero attached hydrogens (tertiary/aromatic N) is 2. The van der Waals surface area contributed by atoms with Crippen molar-refractivity contribution in [1.29, 1.82) is 0 Å². The summed E-state index contributed by atoms with van der Waals surface area (Å²) in [5.74, 6) is 1.66. The zero-order valence-electron chi connectivity index (χ0n) is 16.1. The van der Waals surface area contributed by atoms with Gasteiger partial charge in [-0.15, -0.1) is 0 Å². The Balaban J connectivity index is 1.39. The van der Waals surface area contributed by atoms with Crippen molar-refractivity contribution in [3.63, 3.8) is 0 Å². The maximum atomic E-state index is 12.5. The largest absolute Gasteiger partial charge is 0.486 e. The van der Waals surface area contributed by atoms with Gasteiger partial charge in [0.1, 0.15) is 19.0 Å². The van der Waals surface area contributed by atoms with Crippen LogP contribution in [0, 0.1) is 13.8 Å². The fourth-order valence-corrected chi connectivity index (χ4v) is 3.11. The van der Waals surface area contributed by atoms with Gasteiger partial charge in [-0.05, 0) is 55.3 Å². The van der Waals surface area contributed by atoms with Crippen LogP contribution in [0.25, 0.3) is 0 Å². The van der Waals surface area contributed by atoms with Crippen LogP contribution in [0.2, 0.25) is 5.02 Å². The van der Waals surface area contributed by atoms with Crippen LogP contribution >= 0.6 is 11.6 Å².